The highest BCUT2D eigenvalue weighted by Gasteiger charge is 2.34. The molecule has 2 unspecified atom stereocenters. The molecule has 0 radical (unpaired) electrons. The molecule has 2 atom stereocenters. The molecule has 0 bridgehead atoms. The van der Waals surface area contributed by atoms with Gasteiger partial charge in [0.15, 0.2) is 0 Å². The molecule has 1 saturated heterocycles. The van der Waals surface area contributed by atoms with Gasteiger partial charge in [-0.1, -0.05) is 24.3 Å². The number of nitrogens with zero attached hydrogens (tertiary/aromatic N) is 1. The van der Waals surface area contributed by atoms with Crippen LogP contribution in [0.5, 0.6) is 0 Å². The first-order valence-corrected chi connectivity index (χ1v) is 6.69. The second-order valence-electron chi connectivity index (χ2n) is 5.05. The highest BCUT2D eigenvalue weighted by atomic mass is 16.5. The molecule has 21 heavy (non-hydrogen) atoms. The second kappa shape index (κ2) is 5.43. The Bertz CT molecular complexity index is 736. The van der Waals surface area contributed by atoms with Gasteiger partial charge in [-0.3, -0.25) is 4.79 Å². The van der Waals surface area contributed by atoms with Crippen LogP contribution < -0.4 is 5.32 Å². The topological polar surface area (TPSA) is 82.3 Å². The van der Waals surface area contributed by atoms with Crippen molar-refractivity contribution in [2.75, 3.05) is 18.5 Å². The normalized spacial score (nSPS) is 21.1. The zero-order chi connectivity index (χ0) is 14.8. The Kier molecular flexibility index (Phi) is 3.46. The van der Waals surface area contributed by atoms with E-state index in [9.17, 15) is 9.90 Å². The average molecular weight is 282 g/mol. The summed E-state index contributed by atoms with van der Waals surface area (Å²) in [6, 6.07) is 13.1. The average Bonchev–Trinajstić information content (AvgIpc) is 2.96. The minimum absolute atomic E-state index is 0.223. The maximum Gasteiger partial charge on any atom is 0.311 e. The molecular formula is C16H14N2O3. The summed E-state index contributed by atoms with van der Waals surface area (Å²) in [5, 5.41) is 23.4. The largest absolute Gasteiger partial charge is 0.481 e. The van der Waals surface area contributed by atoms with Crippen LogP contribution in [0, 0.1) is 17.2 Å². The van der Waals surface area contributed by atoms with E-state index < -0.39 is 11.9 Å². The Hall–Kier alpha value is -2.58. The fourth-order valence-corrected chi connectivity index (χ4v) is 2.66. The molecular weight excluding hydrogens is 268 g/mol. The van der Waals surface area contributed by atoms with Crippen LogP contribution in [-0.4, -0.2) is 30.3 Å². The van der Waals surface area contributed by atoms with Gasteiger partial charge in [-0.15, -0.1) is 0 Å². The molecule has 5 heteroatoms. The summed E-state index contributed by atoms with van der Waals surface area (Å²) in [6.45, 7) is 0.590. The Morgan fingerprint density at radius 1 is 1.24 bits per heavy atom. The van der Waals surface area contributed by atoms with Gasteiger partial charge in [0.1, 0.15) is 5.92 Å². The Balaban J connectivity index is 1.98. The fraction of sp³-hybridized carbons (Fsp3) is 0.250. The Morgan fingerprint density at radius 3 is 2.71 bits per heavy atom. The lowest BCUT2D eigenvalue weighted by molar-refractivity contribution is -0.141. The molecule has 0 spiro atoms. The smallest absolute Gasteiger partial charge is 0.311 e. The Morgan fingerprint density at radius 2 is 2.00 bits per heavy atom. The molecule has 2 N–H and O–H groups in total. The van der Waals surface area contributed by atoms with E-state index >= 15 is 0 Å². The van der Waals surface area contributed by atoms with Crippen LogP contribution in [0.2, 0.25) is 0 Å². The molecule has 106 valence electrons. The molecule has 1 heterocycles. The summed E-state index contributed by atoms with van der Waals surface area (Å²) in [5.41, 5.74) is 1.43. The number of carboxylic acid groups (broad SMARTS) is 1. The van der Waals surface area contributed by atoms with Gasteiger partial charge in [0.05, 0.1) is 30.9 Å². The fourth-order valence-electron chi connectivity index (χ4n) is 2.66. The van der Waals surface area contributed by atoms with Crippen LogP contribution in [-0.2, 0) is 9.53 Å². The van der Waals surface area contributed by atoms with E-state index in [2.05, 4.69) is 11.4 Å². The van der Waals surface area contributed by atoms with Crippen molar-refractivity contribution in [3.05, 3.63) is 42.0 Å². The molecule has 2 aromatic carbocycles. The van der Waals surface area contributed by atoms with Crippen LogP contribution >= 0.6 is 0 Å². The zero-order valence-electron chi connectivity index (χ0n) is 11.2. The number of hydrogen-bond donors (Lipinski definition) is 2. The number of fused-ring (bicyclic) bond motifs is 1. The molecule has 0 saturated carbocycles. The van der Waals surface area contributed by atoms with Gasteiger partial charge >= 0.3 is 5.97 Å². The first-order chi connectivity index (χ1) is 10.2. The standard InChI is InChI=1S/C16H14N2O3/c17-7-10-5-6-14(12-4-2-1-3-11(10)12)18-15-9-21-8-13(15)16(19)20/h1-6,13,15,18H,8-9H2,(H,19,20). The number of ether oxygens (including phenoxy) is 1. The van der Waals surface area contributed by atoms with E-state index in [1.54, 1.807) is 6.07 Å². The highest BCUT2D eigenvalue weighted by molar-refractivity contribution is 5.97. The van der Waals surface area contributed by atoms with Crippen LogP contribution in [0.1, 0.15) is 5.56 Å². The van der Waals surface area contributed by atoms with Gasteiger partial charge < -0.3 is 15.2 Å². The van der Waals surface area contributed by atoms with Gasteiger partial charge in [0.2, 0.25) is 0 Å². The maximum atomic E-state index is 11.2. The number of carbonyl (C=O) groups is 1. The highest BCUT2D eigenvalue weighted by Crippen LogP contribution is 2.28. The summed E-state index contributed by atoms with van der Waals surface area (Å²) in [6.07, 6.45) is 0. The summed E-state index contributed by atoms with van der Waals surface area (Å²) in [4.78, 5) is 11.2. The molecule has 5 nitrogen and oxygen atoms in total. The van der Waals surface area contributed by atoms with E-state index in [1.165, 1.54) is 0 Å². The maximum absolute atomic E-state index is 11.2. The van der Waals surface area contributed by atoms with Crippen LogP contribution in [0.15, 0.2) is 36.4 Å². The lowest BCUT2D eigenvalue weighted by Gasteiger charge is -2.18. The number of hydrogen-bond acceptors (Lipinski definition) is 4. The van der Waals surface area contributed by atoms with Crippen LogP contribution in [0.4, 0.5) is 5.69 Å². The summed E-state index contributed by atoms with van der Waals surface area (Å²) in [5.74, 6) is -1.41. The van der Waals surface area contributed by atoms with Crippen LogP contribution in [0.3, 0.4) is 0 Å². The quantitative estimate of drug-likeness (QED) is 0.902. The minimum atomic E-state index is -0.858. The van der Waals surface area contributed by atoms with Crippen molar-refractivity contribution in [1.82, 2.24) is 0 Å². The number of benzene rings is 2. The summed E-state index contributed by atoms with van der Waals surface area (Å²) in [7, 11) is 0. The number of nitrogens with one attached hydrogen (secondary N) is 1. The lowest BCUT2D eigenvalue weighted by Crippen LogP contribution is -2.33. The molecule has 1 fully saturated rings. The van der Waals surface area contributed by atoms with Crippen molar-refractivity contribution in [3.63, 3.8) is 0 Å². The van der Waals surface area contributed by atoms with Gasteiger partial charge in [-0.05, 0) is 12.1 Å². The third-order valence-electron chi connectivity index (χ3n) is 3.78. The number of anilines is 1. The summed E-state index contributed by atoms with van der Waals surface area (Å²) < 4.78 is 5.26. The van der Waals surface area contributed by atoms with Crippen molar-refractivity contribution in [1.29, 1.82) is 5.26 Å². The van der Waals surface area contributed by atoms with Crippen molar-refractivity contribution >= 4 is 22.4 Å². The molecule has 0 aliphatic carbocycles. The third kappa shape index (κ3) is 2.41. The predicted octanol–water partition coefficient (Wildman–Crippen LogP) is 2.22. The van der Waals surface area contributed by atoms with Gasteiger partial charge in [-0.2, -0.15) is 5.26 Å². The van der Waals surface area contributed by atoms with Crippen molar-refractivity contribution in [3.8, 4) is 6.07 Å². The summed E-state index contributed by atoms with van der Waals surface area (Å²) >= 11 is 0. The zero-order valence-corrected chi connectivity index (χ0v) is 11.2. The molecule has 0 aromatic heterocycles. The number of nitriles is 1. The van der Waals surface area contributed by atoms with E-state index in [0.717, 1.165) is 16.5 Å². The number of carboxylic acids is 1. The SMILES string of the molecule is N#Cc1ccc(NC2COCC2C(=O)O)c2ccccc12. The van der Waals surface area contributed by atoms with Gasteiger partial charge in [0, 0.05) is 16.5 Å². The first-order valence-electron chi connectivity index (χ1n) is 6.69. The monoisotopic (exact) mass is 282 g/mol. The van der Waals surface area contributed by atoms with Crippen molar-refractivity contribution < 1.29 is 14.6 Å². The van der Waals surface area contributed by atoms with E-state index in [0.29, 0.717) is 12.2 Å². The van der Waals surface area contributed by atoms with E-state index in [4.69, 9.17) is 10.00 Å². The molecule has 1 aliphatic heterocycles. The minimum Gasteiger partial charge on any atom is -0.481 e. The molecule has 3 rings (SSSR count). The second-order valence-corrected chi connectivity index (χ2v) is 5.05. The van der Waals surface area contributed by atoms with Crippen molar-refractivity contribution in [2.24, 2.45) is 5.92 Å². The van der Waals surface area contributed by atoms with Gasteiger partial charge in [0.25, 0.3) is 0 Å². The number of rotatable bonds is 3. The van der Waals surface area contributed by atoms with Crippen LogP contribution in [0.25, 0.3) is 10.8 Å². The first kappa shape index (κ1) is 13.4. The Labute approximate surface area is 121 Å². The van der Waals surface area contributed by atoms with Crippen molar-refractivity contribution in [2.45, 2.75) is 6.04 Å². The predicted molar refractivity (Wildman–Crippen MR) is 78.0 cm³/mol. The van der Waals surface area contributed by atoms with E-state index in [1.807, 2.05) is 30.3 Å². The molecule has 2 aromatic rings. The lowest BCUT2D eigenvalue weighted by atomic mass is 10.0. The third-order valence-corrected chi connectivity index (χ3v) is 3.78. The van der Waals surface area contributed by atoms with E-state index in [-0.39, 0.29) is 12.6 Å². The number of aliphatic carboxylic acids is 1. The molecule has 0 amide bonds. The molecule has 1 aliphatic rings. The van der Waals surface area contributed by atoms with Gasteiger partial charge in [-0.25, -0.2) is 0 Å².